The summed E-state index contributed by atoms with van der Waals surface area (Å²) in [6, 6.07) is 12.2. The van der Waals surface area contributed by atoms with Gasteiger partial charge in [-0.25, -0.2) is 8.42 Å². The van der Waals surface area contributed by atoms with Gasteiger partial charge in [0.25, 0.3) is 0 Å². The first-order chi connectivity index (χ1) is 18.0. The van der Waals surface area contributed by atoms with Crippen molar-refractivity contribution in [1.82, 2.24) is 10.2 Å². The average Bonchev–Trinajstić information content (AvgIpc) is 2.87. The van der Waals surface area contributed by atoms with Gasteiger partial charge in [0.2, 0.25) is 21.8 Å². The molecule has 0 spiro atoms. The third-order valence-electron chi connectivity index (χ3n) is 7.32. The van der Waals surface area contributed by atoms with Gasteiger partial charge in [-0.15, -0.1) is 0 Å². The molecule has 1 atom stereocenters. The average molecular weight is 562 g/mol. The topological polar surface area (TPSA) is 86.8 Å². The number of anilines is 1. The van der Waals surface area contributed by atoms with Crippen LogP contribution in [-0.2, 0) is 26.2 Å². The van der Waals surface area contributed by atoms with Crippen molar-refractivity contribution < 1.29 is 18.0 Å². The summed E-state index contributed by atoms with van der Waals surface area (Å²) in [5, 5.41) is 3.73. The monoisotopic (exact) mass is 561 g/mol. The molecule has 1 N–H and O–H groups in total. The van der Waals surface area contributed by atoms with Crippen molar-refractivity contribution in [2.45, 2.75) is 84.3 Å². The molecule has 0 bridgehead atoms. The standard InChI is InChI=1S/C29H40ClN3O4S/c1-21-12-17-27(19-22(21)2)33(38(4,36)37)18-8-11-28(34)32(20-24-13-15-25(30)16-14-24)23(3)29(35)31-26-9-6-5-7-10-26/h12-17,19,23,26H,5-11,18,20H2,1-4H3,(H,31,35). The van der Waals surface area contributed by atoms with Gasteiger partial charge in [-0.3, -0.25) is 13.9 Å². The summed E-state index contributed by atoms with van der Waals surface area (Å²) in [5.74, 6) is -0.355. The number of benzene rings is 2. The normalized spacial score (nSPS) is 15.1. The zero-order valence-corrected chi connectivity index (χ0v) is 24.4. The van der Waals surface area contributed by atoms with Gasteiger partial charge < -0.3 is 10.2 Å². The zero-order valence-electron chi connectivity index (χ0n) is 22.9. The molecule has 0 radical (unpaired) electrons. The van der Waals surface area contributed by atoms with Gasteiger partial charge in [-0.1, -0.05) is 49.1 Å². The minimum absolute atomic E-state index is 0.117. The van der Waals surface area contributed by atoms with Crippen molar-refractivity contribution in [3.05, 3.63) is 64.2 Å². The molecule has 2 amide bonds. The molecule has 0 heterocycles. The summed E-state index contributed by atoms with van der Waals surface area (Å²) < 4.78 is 26.5. The van der Waals surface area contributed by atoms with E-state index in [0.717, 1.165) is 42.4 Å². The van der Waals surface area contributed by atoms with Crippen LogP contribution in [0.25, 0.3) is 0 Å². The molecule has 1 fully saturated rings. The summed E-state index contributed by atoms with van der Waals surface area (Å²) in [7, 11) is -3.53. The molecule has 1 aliphatic carbocycles. The third kappa shape index (κ3) is 8.46. The molecule has 7 nitrogen and oxygen atoms in total. The Morgan fingerprint density at radius 1 is 1.03 bits per heavy atom. The third-order valence-corrected chi connectivity index (χ3v) is 8.76. The molecule has 9 heteroatoms. The lowest BCUT2D eigenvalue weighted by Crippen LogP contribution is -2.50. The number of amides is 2. The van der Waals surface area contributed by atoms with Gasteiger partial charge in [0.15, 0.2) is 0 Å². The van der Waals surface area contributed by atoms with Crippen molar-refractivity contribution in [3.63, 3.8) is 0 Å². The number of halogens is 1. The van der Waals surface area contributed by atoms with Gasteiger partial charge in [-0.05, 0) is 81.0 Å². The second-order valence-corrected chi connectivity index (χ2v) is 12.7. The molecule has 1 aliphatic rings. The number of hydrogen-bond donors (Lipinski definition) is 1. The van der Waals surface area contributed by atoms with Crippen LogP contribution in [0.2, 0.25) is 5.02 Å². The maximum Gasteiger partial charge on any atom is 0.242 e. The number of carbonyl (C=O) groups is 2. The smallest absolute Gasteiger partial charge is 0.242 e. The van der Waals surface area contributed by atoms with Crippen molar-refractivity contribution in [1.29, 1.82) is 0 Å². The Hall–Kier alpha value is -2.58. The highest BCUT2D eigenvalue weighted by molar-refractivity contribution is 7.92. The zero-order chi connectivity index (χ0) is 27.9. The van der Waals surface area contributed by atoms with Gasteiger partial charge in [0, 0.05) is 30.6 Å². The van der Waals surface area contributed by atoms with Crippen LogP contribution in [0.1, 0.15) is 68.6 Å². The Bertz CT molecular complexity index is 1210. The molecule has 38 heavy (non-hydrogen) atoms. The number of carbonyl (C=O) groups excluding carboxylic acids is 2. The number of rotatable bonds is 11. The number of aryl methyl sites for hydroxylation is 2. The van der Waals surface area contributed by atoms with Gasteiger partial charge in [0.1, 0.15) is 6.04 Å². The quantitative estimate of drug-likeness (QED) is 0.399. The van der Waals surface area contributed by atoms with Gasteiger partial charge >= 0.3 is 0 Å². The van der Waals surface area contributed by atoms with E-state index in [-0.39, 0.29) is 37.4 Å². The number of nitrogens with one attached hydrogen (secondary N) is 1. The summed E-state index contributed by atoms with van der Waals surface area (Å²) in [4.78, 5) is 28.2. The Balaban J connectivity index is 1.72. The first-order valence-corrected chi connectivity index (χ1v) is 15.6. The van der Waals surface area contributed by atoms with E-state index in [4.69, 9.17) is 11.6 Å². The molecule has 0 aliphatic heterocycles. The van der Waals surface area contributed by atoms with E-state index >= 15 is 0 Å². The number of nitrogens with zero attached hydrogens (tertiary/aromatic N) is 2. The SMILES string of the molecule is Cc1ccc(N(CCCC(=O)N(Cc2ccc(Cl)cc2)C(C)C(=O)NC2CCCCC2)S(C)(=O)=O)cc1C. The van der Waals surface area contributed by atoms with E-state index in [1.807, 2.05) is 38.1 Å². The molecular formula is C29H40ClN3O4S. The van der Waals surface area contributed by atoms with E-state index in [1.54, 1.807) is 30.0 Å². The lowest BCUT2D eigenvalue weighted by atomic mass is 9.95. The lowest BCUT2D eigenvalue weighted by molar-refractivity contribution is -0.141. The van der Waals surface area contributed by atoms with Gasteiger partial charge in [0.05, 0.1) is 11.9 Å². The molecule has 2 aromatic rings. The highest BCUT2D eigenvalue weighted by atomic mass is 35.5. The highest BCUT2D eigenvalue weighted by Crippen LogP contribution is 2.23. The van der Waals surface area contributed by atoms with Crippen LogP contribution in [0.4, 0.5) is 5.69 Å². The predicted octanol–water partition coefficient (Wildman–Crippen LogP) is 5.37. The minimum atomic E-state index is -3.53. The molecule has 1 unspecified atom stereocenters. The van der Waals surface area contributed by atoms with Crippen LogP contribution in [0.5, 0.6) is 0 Å². The van der Waals surface area contributed by atoms with Crippen LogP contribution in [-0.4, -0.2) is 50.0 Å². The number of hydrogen-bond acceptors (Lipinski definition) is 4. The largest absolute Gasteiger partial charge is 0.352 e. The molecule has 2 aromatic carbocycles. The fraction of sp³-hybridized carbons (Fsp3) is 0.517. The maximum atomic E-state index is 13.5. The van der Waals surface area contributed by atoms with Crippen LogP contribution in [0.3, 0.4) is 0 Å². The van der Waals surface area contributed by atoms with Crippen molar-refractivity contribution in [2.24, 2.45) is 0 Å². The van der Waals surface area contributed by atoms with E-state index in [0.29, 0.717) is 17.1 Å². The Kier molecular flexibility index (Phi) is 10.6. The maximum absolute atomic E-state index is 13.5. The van der Waals surface area contributed by atoms with Crippen LogP contribution in [0.15, 0.2) is 42.5 Å². The highest BCUT2D eigenvalue weighted by Gasteiger charge is 2.28. The molecule has 0 saturated heterocycles. The van der Waals surface area contributed by atoms with Crippen LogP contribution in [0, 0.1) is 13.8 Å². The first kappa shape index (κ1) is 30.0. The van der Waals surface area contributed by atoms with Crippen LogP contribution >= 0.6 is 11.6 Å². The van der Waals surface area contributed by atoms with Gasteiger partial charge in [-0.2, -0.15) is 0 Å². The number of sulfonamides is 1. The first-order valence-electron chi connectivity index (χ1n) is 13.3. The van der Waals surface area contributed by atoms with E-state index in [1.165, 1.54) is 17.0 Å². The van der Waals surface area contributed by atoms with Crippen molar-refractivity contribution in [2.75, 3.05) is 17.1 Å². The molecule has 208 valence electrons. The Morgan fingerprint density at radius 2 is 1.68 bits per heavy atom. The summed E-state index contributed by atoms with van der Waals surface area (Å²) in [5.41, 5.74) is 3.53. The van der Waals surface area contributed by atoms with Crippen LogP contribution < -0.4 is 9.62 Å². The van der Waals surface area contributed by atoms with E-state index in [2.05, 4.69) is 5.32 Å². The second kappa shape index (κ2) is 13.5. The molecule has 0 aromatic heterocycles. The lowest BCUT2D eigenvalue weighted by Gasteiger charge is -2.31. The molecular weight excluding hydrogens is 522 g/mol. The van der Waals surface area contributed by atoms with E-state index in [9.17, 15) is 18.0 Å². The fourth-order valence-electron chi connectivity index (χ4n) is 4.82. The van der Waals surface area contributed by atoms with Crippen molar-refractivity contribution >= 4 is 39.1 Å². The summed E-state index contributed by atoms with van der Waals surface area (Å²) >= 11 is 6.04. The summed E-state index contributed by atoms with van der Waals surface area (Å²) in [6.45, 7) is 6.11. The predicted molar refractivity (Wildman–Crippen MR) is 154 cm³/mol. The second-order valence-electron chi connectivity index (χ2n) is 10.4. The van der Waals surface area contributed by atoms with E-state index < -0.39 is 16.1 Å². The minimum Gasteiger partial charge on any atom is -0.352 e. The summed E-state index contributed by atoms with van der Waals surface area (Å²) in [6.07, 6.45) is 6.93. The molecule has 3 rings (SSSR count). The van der Waals surface area contributed by atoms with Crippen molar-refractivity contribution in [3.8, 4) is 0 Å². The fourth-order valence-corrected chi connectivity index (χ4v) is 5.91. The molecule has 1 saturated carbocycles. The Morgan fingerprint density at radius 3 is 2.29 bits per heavy atom. The Labute approximate surface area is 232 Å².